The van der Waals surface area contributed by atoms with Gasteiger partial charge in [-0.05, 0) is 58.8 Å². The smallest absolute Gasteiger partial charge is 0.434 e. The fourth-order valence-electron chi connectivity index (χ4n) is 3.44. The third kappa shape index (κ3) is 3.11. The summed E-state index contributed by atoms with van der Waals surface area (Å²) in [5, 5.41) is 5.04. The zero-order valence-electron chi connectivity index (χ0n) is 14.8. The average Bonchev–Trinajstić information content (AvgIpc) is 3.02. The van der Waals surface area contributed by atoms with Gasteiger partial charge in [0.15, 0.2) is 0 Å². The Morgan fingerprint density at radius 1 is 1.25 bits per heavy atom. The molecule has 2 aromatic rings. The molecule has 0 unspecified atom stereocenters. The Kier molecular flexibility index (Phi) is 4.76. The van der Waals surface area contributed by atoms with Crippen molar-refractivity contribution in [1.82, 2.24) is 14.7 Å². The van der Waals surface area contributed by atoms with Crippen molar-refractivity contribution in [2.75, 3.05) is 21.2 Å². The van der Waals surface area contributed by atoms with Gasteiger partial charge in [-0.2, -0.15) is 9.78 Å². The molecule has 0 atom stereocenters. The zero-order valence-corrected chi connectivity index (χ0v) is 14.8. The molecule has 0 amide bonds. The Morgan fingerprint density at radius 3 is 2.58 bits per heavy atom. The predicted molar refractivity (Wildman–Crippen MR) is 92.6 cm³/mol. The van der Waals surface area contributed by atoms with E-state index in [-0.39, 0.29) is 6.10 Å². The van der Waals surface area contributed by atoms with Gasteiger partial charge in [0.25, 0.3) is 0 Å². The first kappa shape index (κ1) is 16.8. The number of carbonyl (C=O) groups is 1. The molecular weight excluding hydrogens is 306 g/mol. The number of aromatic nitrogens is 2. The summed E-state index contributed by atoms with van der Waals surface area (Å²) in [4.78, 5) is 14.0. The molecule has 1 aliphatic carbocycles. The lowest BCUT2D eigenvalue weighted by atomic mass is 9.92. The van der Waals surface area contributed by atoms with E-state index in [1.54, 1.807) is 6.20 Å². The fraction of sp³-hybridized carbons (Fsp3) is 0.556. The average molecular weight is 331 g/mol. The van der Waals surface area contributed by atoms with Gasteiger partial charge in [0, 0.05) is 17.0 Å². The van der Waals surface area contributed by atoms with Crippen LogP contribution in [0.2, 0.25) is 0 Å². The van der Waals surface area contributed by atoms with E-state index < -0.39 is 6.09 Å². The molecule has 24 heavy (non-hydrogen) atoms. The third-order valence-electron chi connectivity index (χ3n) is 4.99. The summed E-state index contributed by atoms with van der Waals surface area (Å²) in [6, 6.07) is 4.45. The van der Waals surface area contributed by atoms with E-state index in [9.17, 15) is 4.79 Å². The van der Waals surface area contributed by atoms with Crippen LogP contribution < -0.4 is 4.74 Å². The van der Waals surface area contributed by atoms with Crippen LogP contribution >= 0.6 is 0 Å². The molecule has 1 saturated carbocycles. The molecule has 0 bridgehead atoms. The first-order chi connectivity index (χ1) is 11.5. The van der Waals surface area contributed by atoms with Gasteiger partial charge in [0.05, 0.1) is 24.9 Å². The molecule has 1 fully saturated rings. The Morgan fingerprint density at radius 2 is 1.96 bits per heavy atom. The highest BCUT2D eigenvalue weighted by Gasteiger charge is 2.24. The molecule has 130 valence electrons. The Labute approximate surface area is 142 Å². The zero-order chi connectivity index (χ0) is 17.3. The number of fused-ring (bicyclic) bond motifs is 1. The maximum atomic E-state index is 11.7. The van der Waals surface area contributed by atoms with Crippen LogP contribution in [0.1, 0.15) is 31.2 Å². The maximum absolute atomic E-state index is 11.7. The highest BCUT2D eigenvalue weighted by Crippen LogP contribution is 2.31. The van der Waals surface area contributed by atoms with E-state index in [0.717, 1.165) is 35.1 Å². The first-order valence-corrected chi connectivity index (χ1v) is 8.40. The number of hydrogen-bond acceptors (Lipinski definition) is 5. The molecule has 1 aliphatic rings. The number of ether oxygens (including phenoxy) is 2. The molecule has 0 aliphatic heterocycles. The second-order valence-electron chi connectivity index (χ2n) is 6.66. The van der Waals surface area contributed by atoms with Crippen LogP contribution in [0.4, 0.5) is 4.79 Å². The van der Waals surface area contributed by atoms with E-state index in [2.05, 4.69) is 24.1 Å². The van der Waals surface area contributed by atoms with Crippen LogP contribution in [0.15, 0.2) is 18.3 Å². The van der Waals surface area contributed by atoms with Gasteiger partial charge in [0.1, 0.15) is 5.75 Å². The number of nitrogens with zero attached hydrogens (tertiary/aromatic N) is 3. The second-order valence-corrected chi connectivity index (χ2v) is 6.66. The quantitative estimate of drug-likeness (QED) is 0.864. The largest absolute Gasteiger partial charge is 0.490 e. The highest BCUT2D eigenvalue weighted by atomic mass is 16.5. The van der Waals surface area contributed by atoms with E-state index in [1.807, 2.05) is 19.1 Å². The monoisotopic (exact) mass is 331 g/mol. The Balaban J connectivity index is 1.77. The van der Waals surface area contributed by atoms with Crippen molar-refractivity contribution in [3.05, 3.63) is 23.9 Å². The Hall–Kier alpha value is -2.08. The molecular formula is C18H25N3O3. The van der Waals surface area contributed by atoms with E-state index in [4.69, 9.17) is 9.47 Å². The van der Waals surface area contributed by atoms with Gasteiger partial charge in [-0.1, -0.05) is 0 Å². The summed E-state index contributed by atoms with van der Waals surface area (Å²) in [6.45, 7) is 2.01. The number of hydrogen-bond donors (Lipinski definition) is 0. The third-order valence-corrected chi connectivity index (χ3v) is 4.99. The second kappa shape index (κ2) is 6.81. The van der Waals surface area contributed by atoms with Crippen molar-refractivity contribution in [3.8, 4) is 5.75 Å². The number of rotatable bonds is 3. The molecule has 1 heterocycles. The summed E-state index contributed by atoms with van der Waals surface area (Å²) < 4.78 is 12.3. The lowest BCUT2D eigenvalue weighted by Gasteiger charge is -2.33. The van der Waals surface area contributed by atoms with E-state index >= 15 is 0 Å². The van der Waals surface area contributed by atoms with Crippen LogP contribution in [-0.2, 0) is 4.74 Å². The molecule has 0 radical (unpaired) electrons. The molecule has 1 aromatic carbocycles. The van der Waals surface area contributed by atoms with E-state index in [0.29, 0.717) is 6.04 Å². The van der Waals surface area contributed by atoms with Crippen LogP contribution in [0.25, 0.3) is 10.9 Å². The molecule has 0 N–H and O–H groups in total. The van der Waals surface area contributed by atoms with Crippen molar-refractivity contribution >= 4 is 17.0 Å². The van der Waals surface area contributed by atoms with Crippen LogP contribution in [0.5, 0.6) is 5.75 Å². The van der Waals surface area contributed by atoms with Crippen molar-refractivity contribution in [2.24, 2.45) is 0 Å². The standard InChI is InChI=1S/C18H25N3O3/c1-12-15-11-19-21(18(22)23-4)16(15)9-10-17(12)24-14-7-5-13(6-8-14)20(2)3/h9-11,13-14H,5-8H2,1-4H3/t13-,14-. The molecule has 0 spiro atoms. The predicted octanol–water partition coefficient (Wildman–Crippen LogP) is 3.21. The minimum Gasteiger partial charge on any atom is -0.490 e. The van der Waals surface area contributed by atoms with Gasteiger partial charge < -0.3 is 14.4 Å². The SMILES string of the molecule is COC(=O)n1ncc2c(C)c(O[C@H]3CC[C@H](N(C)C)CC3)ccc21. The van der Waals surface area contributed by atoms with Crippen molar-refractivity contribution < 1.29 is 14.3 Å². The van der Waals surface area contributed by atoms with Crippen LogP contribution in [0, 0.1) is 6.92 Å². The van der Waals surface area contributed by atoms with Gasteiger partial charge in [-0.15, -0.1) is 0 Å². The van der Waals surface area contributed by atoms with Crippen molar-refractivity contribution in [2.45, 2.75) is 44.8 Å². The van der Waals surface area contributed by atoms with Crippen LogP contribution in [-0.4, -0.2) is 54.1 Å². The molecule has 6 heteroatoms. The van der Waals surface area contributed by atoms with Crippen LogP contribution in [0.3, 0.4) is 0 Å². The fourth-order valence-corrected chi connectivity index (χ4v) is 3.44. The Bertz CT molecular complexity index is 730. The number of carbonyl (C=O) groups excluding carboxylic acids is 1. The first-order valence-electron chi connectivity index (χ1n) is 8.40. The summed E-state index contributed by atoms with van der Waals surface area (Å²) in [7, 11) is 5.63. The molecule has 0 saturated heterocycles. The van der Waals surface area contributed by atoms with Gasteiger partial charge in [-0.3, -0.25) is 0 Å². The van der Waals surface area contributed by atoms with Crippen molar-refractivity contribution in [1.29, 1.82) is 0 Å². The summed E-state index contributed by atoms with van der Waals surface area (Å²) in [5.41, 5.74) is 1.75. The topological polar surface area (TPSA) is 56.6 Å². The summed E-state index contributed by atoms with van der Waals surface area (Å²) in [5.74, 6) is 0.875. The lowest BCUT2D eigenvalue weighted by molar-refractivity contribution is 0.111. The molecule has 6 nitrogen and oxygen atoms in total. The highest BCUT2D eigenvalue weighted by molar-refractivity contribution is 5.90. The summed E-state index contributed by atoms with van der Waals surface area (Å²) >= 11 is 0. The molecule has 3 rings (SSSR count). The minimum absolute atomic E-state index is 0.257. The number of methoxy groups -OCH3 is 1. The van der Waals surface area contributed by atoms with Gasteiger partial charge in [-0.25, -0.2) is 4.79 Å². The van der Waals surface area contributed by atoms with Gasteiger partial charge >= 0.3 is 6.09 Å². The van der Waals surface area contributed by atoms with Crippen molar-refractivity contribution in [3.63, 3.8) is 0 Å². The van der Waals surface area contributed by atoms with Gasteiger partial charge in [0.2, 0.25) is 0 Å². The lowest BCUT2D eigenvalue weighted by Crippen LogP contribution is -2.35. The summed E-state index contributed by atoms with van der Waals surface area (Å²) in [6.07, 6.45) is 5.94. The number of benzene rings is 1. The molecule has 1 aromatic heterocycles. The maximum Gasteiger partial charge on any atom is 0.434 e. The minimum atomic E-state index is -0.486. The normalized spacial score (nSPS) is 21.2. The number of aryl methyl sites for hydroxylation is 1. The van der Waals surface area contributed by atoms with E-state index in [1.165, 1.54) is 24.6 Å².